The van der Waals surface area contributed by atoms with Crippen molar-refractivity contribution in [3.05, 3.63) is 53.0 Å². The van der Waals surface area contributed by atoms with Gasteiger partial charge in [0.05, 0.1) is 0 Å². The molecule has 0 radical (unpaired) electrons. The molecule has 2 aromatic rings. The fourth-order valence-corrected chi connectivity index (χ4v) is 2.97. The third-order valence-corrected chi connectivity index (χ3v) is 4.59. The lowest BCUT2D eigenvalue weighted by Crippen LogP contribution is -2.51. The first-order valence-corrected chi connectivity index (χ1v) is 8.28. The number of benzene rings is 1. The first-order chi connectivity index (χ1) is 12.7. The number of rotatable bonds is 5. The Balaban J connectivity index is 1.98. The number of hydrogen-bond acceptors (Lipinski definition) is 6. The Hall–Kier alpha value is -2.84. The molecule has 144 valence electrons. The Kier molecular flexibility index (Phi) is 4.71. The van der Waals surface area contributed by atoms with Crippen molar-refractivity contribution in [2.45, 2.75) is 38.2 Å². The normalized spacial score (nSPS) is 21.4. The molecule has 1 aromatic carbocycles. The summed E-state index contributed by atoms with van der Waals surface area (Å²) in [5.74, 6) is -4.28. The van der Waals surface area contributed by atoms with E-state index in [2.05, 4.69) is 14.7 Å². The molecule has 6 nitrogen and oxygen atoms in total. The summed E-state index contributed by atoms with van der Waals surface area (Å²) in [6, 6.07) is 3.15. The van der Waals surface area contributed by atoms with Crippen molar-refractivity contribution < 1.29 is 27.1 Å². The van der Waals surface area contributed by atoms with Crippen LogP contribution in [0.25, 0.3) is 0 Å². The lowest BCUT2D eigenvalue weighted by molar-refractivity contribution is -0.117. The van der Waals surface area contributed by atoms with E-state index in [4.69, 9.17) is 10.2 Å². The van der Waals surface area contributed by atoms with Crippen molar-refractivity contribution in [3.8, 4) is 0 Å². The van der Waals surface area contributed by atoms with E-state index in [1.54, 1.807) is 0 Å². The number of hydrogen-bond donors (Lipinski definition) is 1. The maximum absolute atomic E-state index is 14.5. The summed E-state index contributed by atoms with van der Waals surface area (Å²) in [6.07, 6.45) is 1.50. The predicted octanol–water partition coefficient (Wildman–Crippen LogP) is 3.00. The summed E-state index contributed by atoms with van der Waals surface area (Å²) in [7, 11) is 0. The van der Waals surface area contributed by atoms with E-state index >= 15 is 0 Å². The highest BCUT2D eigenvalue weighted by atomic mass is 19.3. The van der Waals surface area contributed by atoms with Crippen LogP contribution in [0.5, 0.6) is 0 Å². The average molecular weight is 381 g/mol. The molecule has 1 aliphatic heterocycles. The number of nitrogens with zero attached hydrogens (tertiary/aromatic N) is 2. The summed E-state index contributed by atoms with van der Waals surface area (Å²) < 4.78 is 53.1. The lowest BCUT2D eigenvalue weighted by atomic mass is 9.84. The van der Waals surface area contributed by atoms with Gasteiger partial charge >= 0.3 is 5.92 Å². The monoisotopic (exact) mass is 381 g/mol. The van der Waals surface area contributed by atoms with Crippen molar-refractivity contribution in [1.82, 2.24) is 4.98 Å². The van der Waals surface area contributed by atoms with Crippen molar-refractivity contribution >= 4 is 11.8 Å². The number of oxazole rings is 1. The highest BCUT2D eigenvalue weighted by Crippen LogP contribution is 2.44. The van der Waals surface area contributed by atoms with Crippen LogP contribution in [0.4, 0.5) is 13.2 Å². The minimum absolute atomic E-state index is 0.149. The molecular weight excluding hydrogens is 363 g/mol. The molecule has 3 rings (SSSR count). The molecule has 1 atom stereocenters. The standard InChI is InChI=1S/C18H18F3N3O3/c1-3-14-15(23-9-27-14)13(25)7-10-4-5-12(19)11(6-10)17(2)18(20,21)8-26-16(22)24-17/h4-6,9H,3,7-8H2,1-2H3,(H2,22,24)/t17-/m1/s1. The van der Waals surface area contributed by atoms with Crippen LogP contribution < -0.4 is 5.73 Å². The van der Waals surface area contributed by atoms with Crippen LogP contribution in [0, 0.1) is 5.82 Å². The summed E-state index contributed by atoms with van der Waals surface area (Å²) in [5, 5.41) is 0. The Labute approximate surface area is 153 Å². The number of alkyl halides is 2. The number of carbonyl (C=O) groups excluding carboxylic acids is 1. The average Bonchev–Trinajstić information content (AvgIpc) is 3.09. The predicted molar refractivity (Wildman–Crippen MR) is 90.2 cm³/mol. The number of Topliss-reactive ketones (excluding diaryl/α,β-unsaturated/α-hetero) is 1. The summed E-state index contributed by atoms with van der Waals surface area (Å²) in [6.45, 7) is 1.88. The zero-order valence-electron chi connectivity index (χ0n) is 14.8. The Bertz CT molecular complexity index is 910. The van der Waals surface area contributed by atoms with Gasteiger partial charge in [0.25, 0.3) is 6.02 Å². The Morgan fingerprint density at radius 3 is 2.81 bits per heavy atom. The fraction of sp³-hybridized carbons (Fsp3) is 0.389. The van der Waals surface area contributed by atoms with Gasteiger partial charge in [-0.05, 0) is 24.6 Å². The molecule has 0 saturated heterocycles. The van der Waals surface area contributed by atoms with Crippen LogP contribution >= 0.6 is 0 Å². The molecule has 0 bridgehead atoms. The van der Waals surface area contributed by atoms with Gasteiger partial charge in [-0.2, -0.15) is 8.78 Å². The van der Waals surface area contributed by atoms with Gasteiger partial charge < -0.3 is 14.9 Å². The van der Waals surface area contributed by atoms with Crippen LogP contribution in [-0.4, -0.2) is 29.3 Å². The topological polar surface area (TPSA) is 90.7 Å². The van der Waals surface area contributed by atoms with Crippen molar-refractivity contribution in [2.75, 3.05) is 6.61 Å². The van der Waals surface area contributed by atoms with E-state index < -0.39 is 29.9 Å². The van der Waals surface area contributed by atoms with E-state index in [0.717, 1.165) is 13.0 Å². The Morgan fingerprint density at radius 2 is 2.11 bits per heavy atom. The molecule has 27 heavy (non-hydrogen) atoms. The number of aliphatic imine (C=N–C) groups is 1. The van der Waals surface area contributed by atoms with Gasteiger partial charge in [0.2, 0.25) is 0 Å². The second-order valence-electron chi connectivity index (χ2n) is 6.41. The number of nitrogens with two attached hydrogens (primary N) is 1. The quantitative estimate of drug-likeness (QED) is 0.804. The lowest BCUT2D eigenvalue weighted by Gasteiger charge is -2.37. The minimum Gasteiger partial charge on any atom is -0.459 e. The van der Waals surface area contributed by atoms with Crippen LogP contribution in [-0.2, 0) is 23.1 Å². The van der Waals surface area contributed by atoms with Gasteiger partial charge in [0.15, 0.2) is 24.3 Å². The van der Waals surface area contributed by atoms with E-state index in [-0.39, 0.29) is 23.5 Å². The number of amidine groups is 1. The number of carbonyl (C=O) groups is 1. The molecule has 2 N–H and O–H groups in total. The maximum Gasteiger partial charge on any atom is 0.310 e. The maximum atomic E-state index is 14.5. The van der Waals surface area contributed by atoms with E-state index in [1.807, 2.05) is 6.92 Å². The second-order valence-corrected chi connectivity index (χ2v) is 6.41. The zero-order valence-corrected chi connectivity index (χ0v) is 14.8. The van der Waals surface area contributed by atoms with E-state index in [9.17, 15) is 18.0 Å². The second kappa shape index (κ2) is 6.71. The van der Waals surface area contributed by atoms with Gasteiger partial charge in [-0.1, -0.05) is 13.0 Å². The highest BCUT2D eigenvalue weighted by Gasteiger charge is 2.56. The van der Waals surface area contributed by atoms with E-state index in [0.29, 0.717) is 17.7 Å². The van der Waals surface area contributed by atoms with Gasteiger partial charge in [0.1, 0.15) is 17.3 Å². The molecule has 1 aromatic heterocycles. The van der Waals surface area contributed by atoms with Gasteiger partial charge in [-0.15, -0.1) is 0 Å². The third kappa shape index (κ3) is 3.29. The van der Waals surface area contributed by atoms with Crippen molar-refractivity contribution in [1.29, 1.82) is 0 Å². The van der Waals surface area contributed by atoms with Crippen LogP contribution in [0.3, 0.4) is 0 Å². The molecule has 9 heteroatoms. The molecular formula is C18H18F3N3O3. The minimum atomic E-state index is -3.49. The summed E-state index contributed by atoms with van der Waals surface area (Å²) in [5.41, 5.74) is 3.34. The van der Waals surface area contributed by atoms with Crippen molar-refractivity contribution in [2.24, 2.45) is 10.7 Å². The van der Waals surface area contributed by atoms with Crippen LogP contribution in [0.15, 0.2) is 34.0 Å². The molecule has 1 aliphatic rings. The van der Waals surface area contributed by atoms with Gasteiger partial charge in [-0.25, -0.2) is 14.4 Å². The molecule has 0 unspecified atom stereocenters. The molecule has 0 spiro atoms. The molecule has 0 saturated carbocycles. The van der Waals surface area contributed by atoms with E-state index in [1.165, 1.54) is 18.5 Å². The summed E-state index contributed by atoms with van der Waals surface area (Å²) >= 11 is 0. The number of ether oxygens (including phenoxy) is 1. The first kappa shape index (κ1) is 18.9. The zero-order chi connectivity index (χ0) is 19.8. The summed E-state index contributed by atoms with van der Waals surface area (Å²) in [4.78, 5) is 20.0. The first-order valence-electron chi connectivity index (χ1n) is 8.28. The number of ketones is 1. The molecule has 0 fully saturated rings. The largest absolute Gasteiger partial charge is 0.459 e. The van der Waals surface area contributed by atoms with Crippen LogP contribution in [0.2, 0.25) is 0 Å². The SMILES string of the molecule is CCc1ocnc1C(=O)Cc1ccc(F)c([C@@]2(C)N=C(N)OCC2(F)F)c1. The fourth-order valence-electron chi connectivity index (χ4n) is 2.97. The smallest absolute Gasteiger partial charge is 0.310 e. The Morgan fingerprint density at radius 1 is 1.37 bits per heavy atom. The molecule has 2 heterocycles. The third-order valence-electron chi connectivity index (χ3n) is 4.59. The number of halogens is 3. The number of aromatic nitrogens is 1. The van der Waals surface area contributed by atoms with Gasteiger partial charge in [0, 0.05) is 18.4 Å². The molecule has 0 amide bonds. The van der Waals surface area contributed by atoms with Gasteiger partial charge in [-0.3, -0.25) is 4.79 Å². The van der Waals surface area contributed by atoms with Crippen molar-refractivity contribution in [3.63, 3.8) is 0 Å². The molecule has 0 aliphatic carbocycles. The van der Waals surface area contributed by atoms with Crippen LogP contribution in [0.1, 0.15) is 41.2 Å². The number of aryl methyl sites for hydroxylation is 1. The highest BCUT2D eigenvalue weighted by molar-refractivity contribution is 5.96.